The van der Waals surface area contributed by atoms with Gasteiger partial charge in [-0.2, -0.15) is 39.1 Å². The summed E-state index contributed by atoms with van der Waals surface area (Å²) in [4.78, 5) is 0. The monoisotopic (exact) mass is 311 g/mol. The highest BCUT2D eigenvalue weighted by Crippen LogP contribution is 2.53. The van der Waals surface area contributed by atoms with Gasteiger partial charge in [0.2, 0.25) is 0 Å². The van der Waals surface area contributed by atoms with Crippen LogP contribution in [0.3, 0.4) is 0 Å². The summed E-state index contributed by atoms with van der Waals surface area (Å²) in [5.41, 5.74) is 0. The Bertz CT molecular complexity index is 366. The van der Waals surface area contributed by atoms with Crippen LogP contribution in [0, 0.1) is 0 Å². The van der Waals surface area contributed by atoms with Gasteiger partial charge in [0, 0.05) is 0 Å². The van der Waals surface area contributed by atoms with E-state index in [-0.39, 0.29) is 0 Å². The maximum Gasteiger partial charge on any atom is 0.439 e. The Morgan fingerprint density at radius 3 is 1.82 bits per heavy atom. The van der Waals surface area contributed by atoms with Crippen LogP contribution in [-0.2, 0) is 19.5 Å². The predicted molar refractivity (Wildman–Crippen MR) is 36.2 cm³/mol. The first kappa shape index (κ1) is 16.7. The SMILES string of the molecule is O=S(=O)(O)C(F)(F)C(F)(F)C(F)(F)SOO[O-]. The van der Waals surface area contributed by atoms with Crippen molar-refractivity contribution in [2.45, 2.75) is 16.4 Å². The molecule has 0 saturated heterocycles. The molecule has 0 aromatic heterocycles. The average molecular weight is 311 g/mol. The van der Waals surface area contributed by atoms with Gasteiger partial charge in [0.05, 0.1) is 0 Å². The zero-order valence-corrected chi connectivity index (χ0v) is 8.71. The van der Waals surface area contributed by atoms with Crippen LogP contribution in [0.25, 0.3) is 0 Å². The maximum absolute atomic E-state index is 12.5. The number of hydrogen-bond donors (Lipinski definition) is 1. The third-order valence-corrected chi connectivity index (χ3v) is 2.72. The number of hydrogen-bond acceptors (Lipinski definition) is 6. The van der Waals surface area contributed by atoms with Crippen LogP contribution in [0.5, 0.6) is 0 Å². The van der Waals surface area contributed by atoms with Crippen LogP contribution in [-0.4, -0.2) is 29.4 Å². The molecule has 0 bridgehead atoms. The van der Waals surface area contributed by atoms with Crippen molar-refractivity contribution in [3.05, 3.63) is 0 Å². The van der Waals surface area contributed by atoms with Gasteiger partial charge in [-0.05, 0) is 0 Å². The Kier molecular flexibility index (Phi) is 4.69. The summed E-state index contributed by atoms with van der Waals surface area (Å²) < 4.78 is 105. The maximum atomic E-state index is 12.5. The standard InChI is InChI=1S/C3H2F6O6S2/c4-1(5,2(6,7)16-15-14-10)3(8,9)17(11,12)13/h10H,(H,11,12,13)/p-1. The summed E-state index contributed by atoms with van der Waals surface area (Å²) in [5, 5.41) is -1.07. The van der Waals surface area contributed by atoms with Gasteiger partial charge in [0.15, 0.2) is 0 Å². The van der Waals surface area contributed by atoms with Crippen LogP contribution in [0.15, 0.2) is 0 Å². The fraction of sp³-hybridized carbons (Fsp3) is 1.00. The molecule has 0 spiro atoms. The highest BCUT2D eigenvalue weighted by Gasteiger charge is 2.78. The van der Waals surface area contributed by atoms with Crippen LogP contribution in [0.1, 0.15) is 0 Å². The van der Waals surface area contributed by atoms with Crippen molar-refractivity contribution in [2.75, 3.05) is 0 Å². The van der Waals surface area contributed by atoms with Crippen molar-refractivity contribution in [1.82, 2.24) is 0 Å². The predicted octanol–water partition coefficient (Wildman–Crippen LogP) is 0.567. The van der Waals surface area contributed by atoms with Gasteiger partial charge in [-0.3, -0.25) is 9.59 Å². The zero-order valence-electron chi connectivity index (χ0n) is 7.07. The van der Waals surface area contributed by atoms with E-state index in [1.165, 1.54) is 0 Å². The average Bonchev–Trinajstić information content (AvgIpc) is 2.12. The third kappa shape index (κ3) is 2.94. The van der Waals surface area contributed by atoms with Crippen LogP contribution >= 0.6 is 12.0 Å². The smallest absolute Gasteiger partial charge is 0.439 e. The van der Waals surface area contributed by atoms with Crippen LogP contribution in [0.4, 0.5) is 26.3 Å². The largest absolute Gasteiger partial charge is 0.691 e. The Morgan fingerprint density at radius 2 is 1.53 bits per heavy atom. The minimum Gasteiger partial charge on any atom is -0.691 e. The molecular weight excluding hydrogens is 310 g/mol. The quantitative estimate of drug-likeness (QED) is 0.252. The molecule has 1 N–H and O–H groups in total. The summed E-state index contributed by atoms with van der Waals surface area (Å²) in [6.45, 7) is 0. The summed E-state index contributed by atoms with van der Waals surface area (Å²) in [5.74, 6) is -6.56. The number of alkyl halides is 6. The van der Waals surface area contributed by atoms with Gasteiger partial charge < -0.3 is 5.26 Å². The molecule has 0 aliphatic carbocycles. The van der Waals surface area contributed by atoms with E-state index in [0.29, 0.717) is 0 Å². The third-order valence-electron chi connectivity index (χ3n) is 1.22. The topological polar surface area (TPSA) is 95.9 Å². The lowest BCUT2D eigenvalue weighted by molar-refractivity contribution is -0.777. The van der Waals surface area contributed by atoms with Gasteiger partial charge in [-0.1, -0.05) is 0 Å². The van der Waals surface area contributed by atoms with Crippen LogP contribution in [0.2, 0.25) is 0 Å². The molecule has 0 aliphatic rings. The van der Waals surface area contributed by atoms with E-state index in [9.17, 15) is 34.8 Å². The molecule has 0 aromatic rings. The molecule has 6 nitrogen and oxygen atoms in total. The van der Waals surface area contributed by atoms with Crippen molar-refractivity contribution in [3.8, 4) is 0 Å². The second-order valence-electron chi connectivity index (χ2n) is 2.30. The summed E-state index contributed by atoms with van der Waals surface area (Å²) in [6, 6.07) is 0. The highest BCUT2D eigenvalue weighted by molar-refractivity contribution is 7.95. The molecule has 0 heterocycles. The normalized spacial score (nSPS) is 15.1. The van der Waals surface area contributed by atoms with Gasteiger partial charge in [-0.25, -0.2) is 0 Å². The van der Waals surface area contributed by atoms with Crippen molar-refractivity contribution in [1.29, 1.82) is 0 Å². The van der Waals surface area contributed by atoms with E-state index in [4.69, 9.17) is 9.81 Å². The summed E-state index contributed by atoms with van der Waals surface area (Å²) >= 11 is -1.84. The van der Waals surface area contributed by atoms with Crippen molar-refractivity contribution >= 4 is 22.2 Å². The van der Waals surface area contributed by atoms with E-state index in [0.717, 1.165) is 0 Å². The van der Waals surface area contributed by atoms with Crippen molar-refractivity contribution in [3.63, 3.8) is 0 Å². The molecule has 17 heavy (non-hydrogen) atoms. The van der Waals surface area contributed by atoms with E-state index in [1.807, 2.05) is 0 Å². The molecule has 14 heteroatoms. The van der Waals surface area contributed by atoms with E-state index < -0.39 is 38.6 Å². The molecule has 0 saturated carbocycles. The molecule has 104 valence electrons. The number of halogens is 6. The first-order chi connectivity index (χ1) is 7.31. The molecular formula is C3HF6O6S2-. The molecule has 0 atom stereocenters. The Balaban J connectivity index is 5.39. The van der Waals surface area contributed by atoms with Gasteiger partial charge in [0.1, 0.15) is 12.0 Å². The van der Waals surface area contributed by atoms with Gasteiger partial charge in [0.25, 0.3) is 0 Å². The summed E-state index contributed by atoms with van der Waals surface area (Å²) in [7, 11) is -6.82. The molecule has 0 amide bonds. The molecule has 0 radical (unpaired) electrons. The number of rotatable bonds is 6. The van der Waals surface area contributed by atoms with E-state index in [1.54, 1.807) is 0 Å². The highest BCUT2D eigenvalue weighted by atomic mass is 32.2. The molecule has 0 rings (SSSR count). The lowest BCUT2D eigenvalue weighted by Gasteiger charge is -2.29. The second-order valence-corrected chi connectivity index (χ2v) is 4.58. The zero-order chi connectivity index (χ0) is 14.1. The fourth-order valence-corrected chi connectivity index (χ4v) is 1.30. The molecule has 0 unspecified atom stereocenters. The Hall–Kier alpha value is -0.280. The van der Waals surface area contributed by atoms with Crippen LogP contribution < -0.4 is 5.26 Å². The van der Waals surface area contributed by atoms with Gasteiger partial charge in [-0.15, -0.1) is 0 Å². The fourth-order valence-electron chi connectivity index (χ4n) is 0.440. The lowest BCUT2D eigenvalue weighted by atomic mass is 10.3. The second kappa shape index (κ2) is 4.77. The first-order valence-electron chi connectivity index (χ1n) is 3.06. The lowest BCUT2D eigenvalue weighted by Crippen LogP contribution is -2.56. The Morgan fingerprint density at radius 1 is 1.12 bits per heavy atom. The minimum absolute atomic E-state index is 1.84. The molecule has 0 aromatic carbocycles. The summed E-state index contributed by atoms with van der Waals surface area (Å²) in [6.07, 6.45) is 0. The van der Waals surface area contributed by atoms with Crippen molar-refractivity contribution < 1.29 is 53.9 Å². The molecule has 0 aliphatic heterocycles. The molecule has 0 fully saturated rings. The van der Waals surface area contributed by atoms with E-state index >= 15 is 0 Å². The van der Waals surface area contributed by atoms with Gasteiger partial charge >= 0.3 is 26.5 Å². The first-order valence-corrected chi connectivity index (χ1v) is 5.24. The Labute approximate surface area is 93.3 Å². The minimum atomic E-state index is -6.82. The van der Waals surface area contributed by atoms with E-state index in [2.05, 4.69) is 9.37 Å². The van der Waals surface area contributed by atoms with Crippen molar-refractivity contribution in [2.24, 2.45) is 0 Å².